The van der Waals surface area contributed by atoms with E-state index in [4.69, 9.17) is 5.11 Å². The van der Waals surface area contributed by atoms with Gasteiger partial charge in [-0.1, -0.05) is 17.7 Å². The van der Waals surface area contributed by atoms with Crippen LogP contribution in [0.5, 0.6) is 5.75 Å². The molecule has 0 spiro atoms. The van der Waals surface area contributed by atoms with Crippen molar-refractivity contribution < 1.29 is 19.8 Å². The number of urea groups is 1. The third-order valence-electron chi connectivity index (χ3n) is 2.80. The van der Waals surface area contributed by atoms with Gasteiger partial charge in [0, 0.05) is 5.69 Å². The summed E-state index contributed by atoms with van der Waals surface area (Å²) in [5.74, 6) is -1.35. The normalized spacial score (nSPS) is 9.95. The van der Waals surface area contributed by atoms with E-state index in [2.05, 4.69) is 10.6 Å². The van der Waals surface area contributed by atoms with Crippen LogP contribution in [-0.4, -0.2) is 22.2 Å². The molecule has 2 aromatic rings. The van der Waals surface area contributed by atoms with Crippen LogP contribution < -0.4 is 10.6 Å². The van der Waals surface area contributed by atoms with Gasteiger partial charge in [0.2, 0.25) is 0 Å². The van der Waals surface area contributed by atoms with E-state index in [1.807, 2.05) is 19.1 Å². The maximum Gasteiger partial charge on any atom is 0.335 e. The summed E-state index contributed by atoms with van der Waals surface area (Å²) in [6.07, 6.45) is 0. The molecule has 0 aliphatic rings. The zero-order valence-electron chi connectivity index (χ0n) is 11.3. The van der Waals surface area contributed by atoms with Crippen LogP contribution in [-0.2, 0) is 0 Å². The highest BCUT2D eigenvalue weighted by Crippen LogP contribution is 2.24. The number of aryl methyl sites for hydroxylation is 1. The molecule has 0 fully saturated rings. The quantitative estimate of drug-likeness (QED) is 0.652. The number of benzene rings is 2. The Labute approximate surface area is 121 Å². The summed E-state index contributed by atoms with van der Waals surface area (Å²) in [7, 11) is 0. The van der Waals surface area contributed by atoms with Gasteiger partial charge < -0.3 is 20.8 Å². The molecule has 2 rings (SSSR count). The van der Waals surface area contributed by atoms with Crippen LogP contribution in [0.1, 0.15) is 15.9 Å². The summed E-state index contributed by atoms with van der Waals surface area (Å²) in [5.41, 5.74) is 1.65. The summed E-state index contributed by atoms with van der Waals surface area (Å²) in [5, 5.41) is 23.5. The number of carboxylic acids is 1. The minimum atomic E-state index is -1.14. The molecule has 0 aromatic heterocycles. The Kier molecular flexibility index (Phi) is 4.08. The molecule has 0 bridgehead atoms. The first-order valence-corrected chi connectivity index (χ1v) is 6.16. The molecule has 4 N–H and O–H groups in total. The molecule has 0 heterocycles. The van der Waals surface area contributed by atoms with Gasteiger partial charge in [-0.15, -0.1) is 0 Å². The second-order valence-electron chi connectivity index (χ2n) is 4.48. The van der Waals surface area contributed by atoms with Crippen molar-refractivity contribution in [2.45, 2.75) is 6.92 Å². The van der Waals surface area contributed by atoms with Gasteiger partial charge in [-0.25, -0.2) is 9.59 Å². The van der Waals surface area contributed by atoms with Gasteiger partial charge in [0.1, 0.15) is 5.75 Å². The third kappa shape index (κ3) is 3.73. The number of amides is 2. The minimum absolute atomic E-state index is 0.0273. The van der Waals surface area contributed by atoms with Crippen molar-refractivity contribution in [2.24, 2.45) is 0 Å². The van der Waals surface area contributed by atoms with Crippen molar-refractivity contribution in [2.75, 3.05) is 10.6 Å². The molecular formula is C15H14N2O4. The van der Waals surface area contributed by atoms with Crippen LogP contribution >= 0.6 is 0 Å². The highest BCUT2D eigenvalue weighted by atomic mass is 16.4. The van der Waals surface area contributed by atoms with Crippen LogP contribution in [0.4, 0.5) is 16.2 Å². The van der Waals surface area contributed by atoms with E-state index in [1.165, 1.54) is 18.2 Å². The van der Waals surface area contributed by atoms with E-state index in [1.54, 1.807) is 12.1 Å². The van der Waals surface area contributed by atoms with E-state index in [0.717, 1.165) is 5.56 Å². The van der Waals surface area contributed by atoms with E-state index in [0.29, 0.717) is 5.69 Å². The lowest BCUT2D eigenvalue weighted by molar-refractivity contribution is 0.0697. The fraction of sp³-hybridized carbons (Fsp3) is 0.0667. The molecule has 2 amide bonds. The molecule has 0 unspecified atom stereocenters. The maximum absolute atomic E-state index is 11.8. The predicted octanol–water partition coefficient (Wildman–Crippen LogP) is 3.04. The monoisotopic (exact) mass is 286 g/mol. The highest BCUT2D eigenvalue weighted by Gasteiger charge is 2.10. The van der Waals surface area contributed by atoms with Gasteiger partial charge in [-0.3, -0.25) is 0 Å². The number of phenolic OH excluding ortho intramolecular Hbond substituents is 1. The Balaban J connectivity index is 2.10. The van der Waals surface area contributed by atoms with E-state index >= 15 is 0 Å². The van der Waals surface area contributed by atoms with Crippen LogP contribution in [0.15, 0.2) is 42.5 Å². The number of phenols is 1. The average Bonchev–Trinajstić information content (AvgIpc) is 2.43. The van der Waals surface area contributed by atoms with Crippen LogP contribution in [0, 0.1) is 6.92 Å². The van der Waals surface area contributed by atoms with Gasteiger partial charge in [0.15, 0.2) is 0 Å². The molecule has 6 heteroatoms. The van der Waals surface area contributed by atoms with Gasteiger partial charge in [0.05, 0.1) is 11.3 Å². The molecular weight excluding hydrogens is 272 g/mol. The number of carbonyl (C=O) groups is 2. The smallest absolute Gasteiger partial charge is 0.335 e. The number of carbonyl (C=O) groups excluding carboxylic acids is 1. The number of aromatic hydroxyl groups is 1. The van der Waals surface area contributed by atoms with Crippen LogP contribution in [0.2, 0.25) is 0 Å². The standard InChI is InChI=1S/C15H14N2O4/c1-9-2-5-11(6-3-9)16-15(21)17-12-8-10(14(19)20)4-7-13(12)18/h2-8,18H,1H3,(H,19,20)(H2,16,17,21). The lowest BCUT2D eigenvalue weighted by Gasteiger charge is -2.10. The van der Waals surface area contributed by atoms with Gasteiger partial charge >= 0.3 is 12.0 Å². The molecule has 2 aromatic carbocycles. The lowest BCUT2D eigenvalue weighted by atomic mass is 10.2. The number of hydrogen-bond acceptors (Lipinski definition) is 3. The van der Waals surface area contributed by atoms with Crippen LogP contribution in [0.25, 0.3) is 0 Å². The first-order chi connectivity index (χ1) is 9.95. The SMILES string of the molecule is Cc1ccc(NC(=O)Nc2cc(C(=O)O)ccc2O)cc1. The summed E-state index contributed by atoms with van der Waals surface area (Å²) in [6.45, 7) is 1.93. The number of rotatable bonds is 3. The summed E-state index contributed by atoms with van der Waals surface area (Å²) in [6, 6.07) is 10.2. The maximum atomic E-state index is 11.8. The van der Waals surface area contributed by atoms with Crippen molar-refractivity contribution in [3.8, 4) is 5.75 Å². The van der Waals surface area contributed by atoms with Crippen molar-refractivity contribution in [1.82, 2.24) is 0 Å². The highest BCUT2D eigenvalue weighted by molar-refractivity contribution is 6.01. The molecule has 21 heavy (non-hydrogen) atoms. The Morgan fingerprint density at radius 3 is 2.29 bits per heavy atom. The second-order valence-corrected chi connectivity index (χ2v) is 4.48. The number of nitrogens with one attached hydrogen (secondary N) is 2. The molecule has 0 aliphatic heterocycles. The van der Waals surface area contributed by atoms with E-state index < -0.39 is 12.0 Å². The number of carboxylic acid groups (broad SMARTS) is 1. The molecule has 6 nitrogen and oxygen atoms in total. The summed E-state index contributed by atoms with van der Waals surface area (Å²) in [4.78, 5) is 22.7. The van der Waals surface area contributed by atoms with Crippen LogP contribution in [0.3, 0.4) is 0 Å². The fourth-order valence-electron chi connectivity index (χ4n) is 1.69. The van der Waals surface area contributed by atoms with Crippen molar-refractivity contribution in [1.29, 1.82) is 0 Å². The minimum Gasteiger partial charge on any atom is -0.506 e. The Morgan fingerprint density at radius 2 is 1.67 bits per heavy atom. The first kappa shape index (κ1) is 14.4. The fourth-order valence-corrected chi connectivity index (χ4v) is 1.69. The molecule has 0 atom stereocenters. The molecule has 0 saturated heterocycles. The largest absolute Gasteiger partial charge is 0.506 e. The summed E-state index contributed by atoms with van der Waals surface area (Å²) >= 11 is 0. The van der Waals surface area contributed by atoms with Crippen molar-refractivity contribution in [3.05, 3.63) is 53.6 Å². The number of aromatic carboxylic acids is 1. The molecule has 0 radical (unpaired) electrons. The van der Waals surface area contributed by atoms with Gasteiger partial charge in [0.25, 0.3) is 0 Å². The predicted molar refractivity (Wildman–Crippen MR) is 78.9 cm³/mol. The summed E-state index contributed by atoms with van der Waals surface area (Å²) < 4.78 is 0. The number of anilines is 2. The third-order valence-corrected chi connectivity index (χ3v) is 2.80. The topological polar surface area (TPSA) is 98.7 Å². The van der Waals surface area contributed by atoms with E-state index in [9.17, 15) is 14.7 Å². The number of hydrogen-bond donors (Lipinski definition) is 4. The lowest BCUT2D eigenvalue weighted by Crippen LogP contribution is -2.19. The molecule has 0 aliphatic carbocycles. The van der Waals surface area contributed by atoms with Gasteiger partial charge in [-0.05, 0) is 37.3 Å². The van der Waals surface area contributed by atoms with Crippen molar-refractivity contribution in [3.63, 3.8) is 0 Å². The Hall–Kier alpha value is -3.02. The Bertz CT molecular complexity index is 681. The second kappa shape index (κ2) is 5.96. The van der Waals surface area contributed by atoms with E-state index in [-0.39, 0.29) is 17.0 Å². The zero-order chi connectivity index (χ0) is 15.4. The molecule has 0 saturated carbocycles. The zero-order valence-corrected chi connectivity index (χ0v) is 11.3. The van der Waals surface area contributed by atoms with Crippen molar-refractivity contribution >= 4 is 23.4 Å². The first-order valence-electron chi connectivity index (χ1n) is 6.16. The Morgan fingerprint density at radius 1 is 1.00 bits per heavy atom. The average molecular weight is 286 g/mol. The van der Waals surface area contributed by atoms with Gasteiger partial charge in [-0.2, -0.15) is 0 Å². The molecule has 108 valence electrons.